The van der Waals surface area contributed by atoms with E-state index in [1.807, 2.05) is 24.3 Å². The summed E-state index contributed by atoms with van der Waals surface area (Å²) < 4.78 is 0. The van der Waals surface area contributed by atoms with Crippen molar-refractivity contribution < 1.29 is 5.11 Å². The van der Waals surface area contributed by atoms with Crippen molar-refractivity contribution >= 4 is 11.6 Å². The van der Waals surface area contributed by atoms with Crippen molar-refractivity contribution in [1.29, 1.82) is 5.26 Å². The van der Waals surface area contributed by atoms with Crippen molar-refractivity contribution in [3.63, 3.8) is 0 Å². The zero-order chi connectivity index (χ0) is 13.7. The van der Waals surface area contributed by atoms with Gasteiger partial charge in [-0.2, -0.15) is 5.26 Å². The van der Waals surface area contributed by atoms with Gasteiger partial charge in [0.25, 0.3) is 0 Å². The molecule has 2 rings (SSSR count). The lowest BCUT2D eigenvalue weighted by Crippen LogP contribution is -2.36. The molecule has 19 heavy (non-hydrogen) atoms. The molecule has 1 N–H and O–H groups in total. The lowest BCUT2D eigenvalue weighted by Gasteiger charge is -2.34. The molecule has 0 saturated carbocycles. The van der Waals surface area contributed by atoms with Gasteiger partial charge in [0.2, 0.25) is 0 Å². The minimum Gasteiger partial charge on any atom is -0.388 e. The van der Waals surface area contributed by atoms with Crippen molar-refractivity contribution in [3.05, 3.63) is 34.9 Å². The standard InChI is InChI=1S/C15H19ClN2O/c16-14-4-2-12(3-5-14)15(19)13-6-10-18(11-7-13)9-1-8-17/h2-5,13,15,19H,1,6-7,9-11H2. The van der Waals surface area contributed by atoms with Crippen molar-refractivity contribution in [1.82, 2.24) is 4.90 Å². The second-order valence-electron chi connectivity index (χ2n) is 5.08. The van der Waals surface area contributed by atoms with Gasteiger partial charge in [-0.25, -0.2) is 0 Å². The van der Waals surface area contributed by atoms with E-state index in [1.165, 1.54) is 0 Å². The van der Waals surface area contributed by atoms with Crippen molar-refractivity contribution in [3.8, 4) is 6.07 Å². The molecule has 0 aliphatic carbocycles. The van der Waals surface area contributed by atoms with Crippen molar-refractivity contribution in [2.45, 2.75) is 25.4 Å². The quantitative estimate of drug-likeness (QED) is 0.921. The van der Waals surface area contributed by atoms with E-state index in [0.29, 0.717) is 17.4 Å². The average molecular weight is 279 g/mol. The van der Waals surface area contributed by atoms with Gasteiger partial charge in [-0.3, -0.25) is 0 Å². The molecule has 1 atom stereocenters. The van der Waals surface area contributed by atoms with Crippen LogP contribution >= 0.6 is 11.6 Å². The number of piperidine rings is 1. The SMILES string of the molecule is N#CCCN1CCC(C(O)c2ccc(Cl)cc2)CC1. The molecular formula is C15H19ClN2O. The van der Waals surface area contributed by atoms with E-state index in [1.54, 1.807) is 0 Å². The number of nitriles is 1. The van der Waals surface area contributed by atoms with Crippen molar-refractivity contribution in [2.75, 3.05) is 19.6 Å². The lowest BCUT2D eigenvalue weighted by molar-refractivity contribution is 0.0595. The fourth-order valence-electron chi connectivity index (χ4n) is 2.63. The van der Waals surface area contributed by atoms with Crippen molar-refractivity contribution in [2.24, 2.45) is 5.92 Å². The fraction of sp³-hybridized carbons (Fsp3) is 0.533. The van der Waals surface area contributed by atoms with Crippen LogP contribution in [0.15, 0.2) is 24.3 Å². The Kier molecular flexibility index (Phi) is 5.21. The van der Waals surface area contributed by atoms with E-state index in [9.17, 15) is 5.11 Å². The van der Waals surface area contributed by atoms with Crippen LogP contribution < -0.4 is 0 Å². The number of likely N-dealkylation sites (tertiary alicyclic amines) is 1. The van der Waals surface area contributed by atoms with Gasteiger partial charge in [0, 0.05) is 18.0 Å². The maximum Gasteiger partial charge on any atom is 0.0819 e. The van der Waals surface area contributed by atoms with Gasteiger partial charge in [-0.05, 0) is 49.5 Å². The van der Waals surface area contributed by atoms with E-state index in [2.05, 4.69) is 11.0 Å². The lowest BCUT2D eigenvalue weighted by atomic mass is 9.87. The molecule has 1 aliphatic heterocycles. The third-order valence-electron chi connectivity index (χ3n) is 3.83. The number of nitrogens with zero attached hydrogens (tertiary/aromatic N) is 2. The molecule has 1 unspecified atom stereocenters. The van der Waals surface area contributed by atoms with E-state index >= 15 is 0 Å². The fourth-order valence-corrected chi connectivity index (χ4v) is 2.76. The Morgan fingerprint density at radius 1 is 1.32 bits per heavy atom. The molecule has 0 bridgehead atoms. The molecular weight excluding hydrogens is 260 g/mol. The summed E-state index contributed by atoms with van der Waals surface area (Å²) in [6.07, 6.45) is 2.14. The van der Waals surface area contributed by atoms with Crippen LogP contribution in [0.4, 0.5) is 0 Å². The Hall–Kier alpha value is -1.08. The van der Waals surface area contributed by atoms with Gasteiger partial charge in [0.05, 0.1) is 12.2 Å². The maximum atomic E-state index is 10.4. The third-order valence-corrected chi connectivity index (χ3v) is 4.08. The highest BCUT2D eigenvalue weighted by molar-refractivity contribution is 6.30. The Morgan fingerprint density at radius 3 is 2.53 bits per heavy atom. The molecule has 1 saturated heterocycles. The van der Waals surface area contributed by atoms with Gasteiger partial charge in [0.15, 0.2) is 0 Å². The Balaban J connectivity index is 1.87. The summed E-state index contributed by atoms with van der Waals surface area (Å²) in [5, 5.41) is 19.7. The van der Waals surface area contributed by atoms with Crippen LogP contribution in [-0.2, 0) is 0 Å². The number of rotatable bonds is 4. The Labute approximate surface area is 119 Å². The predicted molar refractivity (Wildman–Crippen MR) is 75.8 cm³/mol. The molecule has 4 heteroatoms. The van der Waals surface area contributed by atoms with Crippen LogP contribution in [0.25, 0.3) is 0 Å². The summed E-state index contributed by atoms with van der Waals surface area (Å²) >= 11 is 5.86. The van der Waals surface area contributed by atoms with Crippen LogP contribution in [0.2, 0.25) is 5.02 Å². The number of aliphatic hydroxyl groups is 1. The Bertz CT molecular complexity index is 432. The molecule has 1 aromatic carbocycles. The molecule has 1 aromatic rings. The molecule has 0 aromatic heterocycles. The monoisotopic (exact) mass is 278 g/mol. The minimum atomic E-state index is -0.407. The highest BCUT2D eigenvalue weighted by Gasteiger charge is 2.25. The van der Waals surface area contributed by atoms with E-state index in [4.69, 9.17) is 16.9 Å². The van der Waals surface area contributed by atoms with E-state index in [0.717, 1.165) is 38.0 Å². The summed E-state index contributed by atoms with van der Waals surface area (Å²) in [4.78, 5) is 2.30. The summed E-state index contributed by atoms with van der Waals surface area (Å²) in [6, 6.07) is 9.62. The smallest absolute Gasteiger partial charge is 0.0819 e. The van der Waals surface area contributed by atoms with Crippen LogP contribution in [0, 0.1) is 17.2 Å². The maximum absolute atomic E-state index is 10.4. The zero-order valence-electron chi connectivity index (χ0n) is 10.9. The summed E-state index contributed by atoms with van der Waals surface area (Å²) in [6.45, 7) is 2.79. The first-order valence-electron chi connectivity index (χ1n) is 6.73. The van der Waals surface area contributed by atoms with Crippen LogP contribution in [0.3, 0.4) is 0 Å². The summed E-state index contributed by atoms with van der Waals surface area (Å²) in [7, 11) is 0. The van der Waals surface area contributed by atoms with Gasteiger partial charge >= 0.3 is 0 Å². The number of hydrogen-bond acceptors (Lipinski definition) is 3. The normalized spacial score (nSPS) is 19.0. The van der Waals surface area contributed by atoms with Crippen LogP contribution in [0.5, 0.6) is 0 Å². The molecule has 0 spiro atoms. The first-order valence-corrected chi connectivity index (χ1v) is 7.11. The molecule has 3 nitrogen and oxygen atoms in total. The largest absolute Gasteiger partial charge is 0.388 e. The average Bonchev–Trinajstić information content (AvgIpc) is 2.46. The van der Waals surface area contributed by atoms with Gasteiger partial charge in [-0.15, -0.1) is 0 Å². The molecule has 102 valence electrons. The van der Waals surface area contributed by atoms with Crippen LogP contribution in [0.1, 0.15) is 30.9 Å². The Morgan fingerprint density at radius 2 is 1.95 bits per heavy atom. The number of benzene rings is 1. The number of halogens is 1. The highest BCUT2D eigenvalue weighted by Crippen LogP contribution is 2.31. The van der Waals surface area contributed by atoms with Gasteiger partial charge < -0.3 is 10.0 Å². The second-order valence-corrected chi connectivity index (χ2v) is 5.52. The first kappa shape index (κ1) is 14.3. The highest BCUT2D eigenvalue weighted by atomic mass is 35.5. The third kappa shape index (κ3) is 3.94. The van der Waals surface area contributed by atoms with Crippen LogP contribution in [-0.4, -0.2) is 29.6 Å². The second kappa shape index (κ2) is 6.91. The van der Waals surface area contributed by atoms with E-state index in [-0.39, 0.29) is 0 Å². The molecule has 0 radical (unpaired) electrons. The first-order chi connectivity index (χ1) is 9.20. The number of aliphatic hydroxyl groups excluding tert-OH is 1. The zero-order valence-corrected chi connectivity index (χ0v) is 11.7. The molecule has 1 fully saturated rings. The molecule has 1 heterocycles. The topological polar surface area (TPSA) is 47.3 Å². The minimum absolute atomic E-state index is 0.305. The molecule has 1 aliphatic rings. The summed E-state index contributed by atoms with van der Waals surface area (Å²) in [5.74, 6) is 0.305. The van der Waals surface area contributed by atoms with Gasteiger partial charge in [-0.1, -0.05) is 23.7 Å². The summed E-state index contributed by atoms with van der Waals surface area (Å²) in [5.41, 5.74) is 0.944. The molecule has 0 amide bonds. The van der Waals surface area contributed by atoms with E-state index < -0.39 is 6.10 Å². The van der Waals surface area contributed by atoms with Gasteiger partial charge in [0.1, 0.15) is 0 Å². The number of hydrogen-bond donors (Lipinski definition) is 1. The predicted octanol–water partition coefficient (Wildman–Crippen LogP) is 3.00.